The molecule has 17 heteroatoms. The molecule has 370 valence electrons. The van der Waals surface area contributed by atoms with E-state index in [0.717, 1.165) is 57.1 Å². The minimum Gasteiger partial charge on any atom is -0.489 e. The van der Waals surface area contributed by atoms with E-state index in [1.165, 1.54) is 55.1 Å². The fourth-order valence-corrected chi connectivity index (χ4v) is 13.3. The molecule has 70 heavy (non-hydrogen) atoms. The third-order valence-electron chi connectivity index (χ3n) is 16.5. The molecule has 6 aliphatic rings. The fourth-order valence-electron chi connectivity index (χ4n) is 12.3. The molecule has 3 aromatic carbocycles. The summed E-state index contributed by atoms with van der Waals surface area (Å²) in [4.78, 5) is 38.3. The van der Waals surface area contributed by atoms with Crippen LogP contribution in [0, 0.1) is 27.3 Å². The lowest BCUT2D eigenvalue weighted by Gasteiger charge is -2.56. The average molecular weight is 976 g/mol. The first-order valence-electron chi connectivity index (χ1n) is 25.1. The maximum absolute atomic E-state index is 15.0. The number of amides is 1. The number of aromatic amines is 1. The van der Waals surface area contributed by atoms with E-state index in [4.69, 9.17) is 14.5 Å². The smallest absolute Gasteiger partial charge is 0.297 e. The third-order valence-corrected chi connectivity index (χ3v) is 17.8. The first-order chi connectivity index (χ1) is 33.5. The molecule has 0 bridgehead atoms. The largest absolute Gasteiger partial charge is 0.489 e. The molecule has 3 aliphatic heterocycles. The maximum atomic E-state index is 15.0. The number of sulfonamides is 1. The topological polar surface area (TPSA) is 192 Å². The minimum absolute atomic E-state index is 0.0182. The molecule has 2 atom stereocenters. The van der Waals surface area contributed by atoms with Gasteiger partial charge < -0.3 is 29.8 Å². The Morgan fingerprint density at radius 1 is 1.00 bits per heavy atom. The second-order valence-electron chi connectivity index (χ2n) is 21.6. The average Bonchev–Trinajstić information content (AvgIpc) is 3.96. The number of nitrogens with zero attached hydrogens (tertiary/aromatic N) is 4. The lowest BCUT2D eigenvalue weighted by atomic mass is 9.59. The number of nitrogens with one attached hydrogen (secondary N) is 3. The van der Waals surface area contributed by atoms with Crippen molar-refractivity contribution < 1.29 is 37.1 Å². The van der Waals surface area contributed by atoms with Gasteiger partial charge >= 0.3 is 0 Å². The van der Waals surface area contributed by atoms with Crippen LogP contribution < -0.4 is 24.4 Å². The number of nitro groups is 1. The van der Waals surface area contributed by atoms with E-state index in [-0.39, 0.29) is 63.8 Å². The van der Waals surface area contributed by atoms with E-state index in [1.807, 2.05) is 0 Å². The van der Waals surface area contributed by atoms with Gasteiger partial charge in [0.1, 0.15) is 29.6 Å². The minimum atomic E-state index is -4.72. The van der Waals surface area contributed by atoms with Crippen LogP contribution in [0.1, 0.15) is 143 Å². The number of H-pyrrole nitrogens is 1. The summed E-state index contributed by atoms with van der Waals surface area (Å²) in [6.07, 6.45) is 12.3. The van der Waals surface area contributed by atoms with Crippen LogP contribution >= 0.6 is 0 Å². The summed E-state index contributed by atoms with van der Waals surface area (Å²) in [5.41, 5.74) is 3.67. The van der Waals surface area contributed by atoms with Crippen LogP contribution in [0.3, 0.4) is 0 Å². The Kier molecular flexibility index (Phi) is 11.9. The van der Waals surface area contributed by atoms with Crippen LogP contribution in [0.2, 0.25) is 0 Å². The summed E-state index contributed by atoms with van der Waals surface area (Å²) in [6.45, 7) is 9.21. The van der Waals surface area contributed by atoms with Crippen molar-refractivity contribution in [2.45, 2.75) is 138 Å². The van der Waals surface area contributed by atoms with Gasteiger partial charge in [-0.2, -0.15) is 0 Å². The zero-order chi connectivity index (χ0) is 48.7. The zero-order valence-electron chi connectivity index (χ0n) is 40.0. The van der Waals surface area contributed by atoms with Gasteiger partial charge in [0, 0.05) is 61.2 Å². The number of piperidine rings is 1. The molecule has 1 amide bonds. The number of halogens is 1. The number of ether oxygens (including phenoxy) is 2. The number of carbonyl (C=O) groups is 1. The first-order valence-corrected chi connectivity index (χ1v) is 26.6. The van der Waals surface area contributed by atoms with Gasteiger partial charge in [-0.3, -0.25) is 19.8 Å². The van der Waals surface area contributed by atoms with Gasteiger partial charge in [0.25, 0.3) is 21.6 Å². The number of carbonyl (C=O) groups excluding carboxylic acids is 1. The van der Waals surface area contributed by atoms with Gasteiger partial charge in [-0.1, -0.05) is 38.1 Å². The first kappa shape index (κ1) is 46.6. The standard InChI is InChI=1S/C53H62FN7O8S/c1-31(2)37-7-4-5-8-38(37)43-9-6-20-60(43)35-27-53(28-35)18-21-59(22-19-53)34-12-13-39(45(23-34)69-47-26-40-41(54)29-55-50(40)57-48(47)33-10-11-33)51(62)58-70(66,67)36-24-44(61(64)65)49-46(25-36)68-30-42(56-49)32-14-16-52(3,63)17-15-32/h4-5,7-8,12-13,23-26,29,31-33,35,42-43,56,63H,6,9-11,14-22,27-28,30H2,1-3H3,(H,55,57)(H,58,62)/t32?,42-,43+,52?/m1/s1. The molecule has 0 unspecified atom stereocenters. The van der Waals surface area contributed by atoms with Crippen molar-refractivity contribution in [2.24, 2.45) is 11.3 Å². The summed E-state index contributed by atoms with van der Waals surface area (Å²) >= 11 is 0. The highest BCUT2D eigenvalue weighted by molar-refractivity contribution is 7.90. The molecule has 5 heterocycles. The lowest BCUT2D eigenvalue weighted by Crippen LogP contribution is -2.54. The van der Waals surface area contributed by atoms with E-state index < -0.39 is 42.9 Å². The van der Waals surface area contributed by atoms with Crippen molar-refractivity contribution in [2.75, 3.05) is 36.5 Å². The molecule has 4 N–H and O–H groups in total. The van der Waals surface area contributed by atoms with Crippen molar-refractivity contribution in [1.82, 2.24) is 19.6 Å². The van der Waals surface area contributed by atoms with E-state index in [0.29, 0.717) is 55.0 Å². The van der Waals surface area contributed by atoms with Crippen LogP contribution in [-0.4, -0.2) is 83.1 Å². The molecule has 11 rings (SSSR count). The number of pyridine rings is 1. The molecule has 3 saturated carbocycles. The second kappa shape index (κ2) is 17.8. The Balaban J connectivity index is 0.838. The molecule has 5 aromatic rings. The summed E-state index contributed by atoms with van der Waals surface area (Å²) in [6, 6.07) is 18.4. The Hall–Kier alpha value is -5.78. The molecule has 1 spiro atoms. The molecular weight excluding hydrogens is 914 g/mol. The van der Waals surface area contributed by atoms with Gasteiger partial charge in [-0.05, 0) is 137 Å². The van der Waals surface area contributed by atoms with Crippen molar-refractivity contribution >= 4 is 44.0 Å². The SMILES string of the molecule is CC(C)c1ccccc1[C@@H]1CCCN1C1CC2(CCN(c3ccc(C(=O)NS(=O)(=O)c4cc5c(c([N+](=O)[O-])c4)N[C@@H](C4CCC(C)(O)CC4)CO5)c(Oc4cc5c(F)c[nH]c5nc4C4CC4)c3)CC2)C1. The number of likely N-dealkylation sites (tertiary alicyclic amines) is 1. The summed E-state index contributed by atoms with van der Waals surface area (Å²) in [5, 5.41) is 26.4. The predicted octanol–water partition coefficient (Wildman–Crippen LogP) is 10.2. The fraction of sp³-hybridized carbons (Fsp3) is 0.509. The Morgan fingerprint density at radius 3 is 2.49 bits per heavy atom. The van der Waals surface area contributed by atoms with E-state index in [9.17, 15) is 28.4 Å². The number of hydrogen-bond donors (Lipinski definition) is 4. The Morgan fingerprint density at radius 2 is 1.76 bits per heavy atom. The zero-order valence-corrected chi connectivity index (χ0v) is 40.8. The van der Waals surface area contributed by atoms with Gasteiger partial charge in [-0.25, -0.2) is 22.5 Å². The summed E-state index contributed by atoms with van der Waals surface area (Å²) < 4.78 is 58.0. The number of rotatable bonds is 12. The number of aromatic nitrogens is 2. The molecule has 2 saturated heterocycles. The van der Waals surface area contributed by atoms with Crippen molar-refractivity contribution in [3.05, 3.63) is 105 Å². The quantitative estimate of drug-likeness (QED) is 0.0684. The lowest BCUT2D eigenvalue weighted by molar-refractivity contribution is -0.384. The highest BCUT2D eigenvalue weighted by Gasteiger charge is 2.50. The highest BCUT2D eigenvalue weighted by atomic mass is 32.2. The monoisotopic (exact) mass is 975 g/mol. The molecule has 3 aliphatic carbocycles. The van der Waals surface area contributed by atoms with Crippen LogP contribution in [0.5, 0.6) is 17.2 Å². The molecule has 2 aromatic heterocycles. The van der Waals surface area contributed by atoms with Gasteiger partial charge in [0.2, 0.25) is 0 Å². The van der Waals surface area contributed by atoms with E-state index in [1.54, 1.807) is 25.1 Å². The molecule has 5 fully saturated rings. The van der Waals surface area contributed by atoms with Gasteiger partial charge in [0.05, 0.1) is 38.1 Å². The number of nitro benzene ring substituents is 1. The molecule has 15 nitrogen and oxygen atoms in total. The maximum Gasteiger partial charge on any atom is 0.297 e. The Bertz CT molecular complexity index is 2970. The number of anilines is 2. The van der Waals surface area contributed by atoms with Crippen LogP contribution in [0.4, 0.5) is 21.5 Å². The third kappa shape index (κ3) is 8.86. The van der Waals surface area contributed by atoms with E-state index in [2.05, 4.69) is 62.9 Å². The van der Waals surface area contributed by atoms with Crippen LogP contribution in [0.15, 0.2) is 71.8 Å². The highest BCUT2D eigenvalue weighted by Crippen LogP contribution is 2.55. The second-order valence-corrected chi connectivity index (χ2v) is 23.3. The number of aliphatic hydroxyl groups is 1. The predicted molar refractivity (Wildman–Crippen MR) is 264 cm³/mol. The molecule has 0 radical (unpaired) electrons. The number of fused-ring (bicyclic) bond motifs is 2. The van der Waals surface area contributed by atoms with Crippen molar-refractivity contribution in [3.8, 4) is 17.2 Å². The molecular formula is C53H62FN7O8S. The summed E-state index contributed by atoms with van der Waals surface area (Å²) in [5.74, 6) is -0.574. The van der Waals surface area contributed by atoms with Crippen LogP contribution in [-0.2, 0) is 10.0 Å². The van der Waals surface area contributed by atoms with E-state index >= 15 is 4.39 Å². The Labute approximate surface area is 407 Å². The van der Waals surface area contributed by atoms with Crippen LogP contribution in [0.25, 0.3) is 11.0 Å². The number of benzene rings is 3. The van der Waals surface area contributed by atoms with Gasteiger partial charge in [0.15, 0.2) is 11.4 Å². The van der Waals surface area contributed by atoms with Crippen molar-refractivity contribution in [1.29, 1.82) is 0 Å². The van der Waals surface area contributed by atoms with Gasteiger partial charge in [-0.15, -0.1) is 0 Å². The normalized spacial score (nSPS) is 24.8. The van der Waals surface area contributed by atoms with Crippen molar-refractivity contribution in [3.63, 3.8) is 0 Å². The number of hydrogen-bond acceptors (Lipinski definition) is 12. The summed E-state index contributed by atoms with van der Waals surface area (Å²) in [7, 11) is -4.72.